The van der Waals surface area contributed by atoms with Gasteiger partial charge in [-0.2, -0.15) is 0 Å². The van der Waals surface area contributed by atoms with Gasteiger partial charge in [-0.1, -0.05) is 6.92 Å². The third kappa shape index (κ3) is 2.28. The normalized spacial score (nSPS) is 12.9. The molecule has 0 bridgehead atoms. The van der Waals surface area contributed by atoms with E-state index in [2.05, 4.69) is 20.5 Å². The Bertz CT molecular complexity index is 465. The summed E-state index contributed by atoms with van der Waals surface area (Å²) in [5, 5.41) is 14.1. The van der Waals surface area contributed by atoms with Gasteiger partial charge in [0.15, 0.2) is 0 Å². The van der Waals surface area contributed by atoms with Gasteiger partial charge >= 0.3 is 0 Å². The number of nitrogens with zero attached hydrogens (tertiary/aromatic N) is 3. The maximum Gasteiger partial charge on any atom is 0.267 e. The smallest absolute Gasteiger partial charge is 0.267 e. The van der Waals surface area contributed by atoms with Gasteiger partial charge in [0.05, 0.1) is 11.0 Å². The summed E-state index contributed by atoms with van der Waals surface area (Å²) in [7, 11) is 0. The van der Waals surface area contributed by atoms with E-state index >= 15 is 0 Å². The topological polar surface area (TPSA) is 63.8 Å². The van der Waals surface area contributed by atoms with E-state index in [4.69, 9.17) is 4.42 Å². The fraction of sp³-hybridized carbons (Fsp3) is 0.500. The van der Waals surface area contributed by atoms with E-state index in [0.29, 0.717) is 11.8 Å². The number of thiazole rings is 1. The molecular formula is C10H14N4OS. The molecule has 0 radical (unpaired) electrons. The lowest BCUT2D eigenvalue weighted by Gasteiger charge is -2.05. The molecule has 2 rings (SSSR count). The third-order valence-corrected chi connectivity index (χ3v) is 2.93. The van der Waals surface area contributed by atoms with Crippen LogP contribution in [0.4, 0.5) is 0 Å². The maximum absolute atomic E-state index is 5.56. The molecule has 0 saturated carbocycles. The van der Waals surface area contributed by atoms with E-state index in [9.17, 15) is 0 Å². The first-order valence-corrected chi connectivity index (χ1v) is 6.08. The predicted octanol–water partition coefficient (Wildman–Crippen LogP) is 2.17. The second-order valence-corrected chi connectivity index (χ2v) is 4.54. The van der Waals surface area contributed by atoms with Crippen LogP contribution in [0.3, 0.4) is 0 Å². The Hall–Kier alpha value is -1.27. The van der Waals surface area contributed by atoms with Gasteiger partial charge in [-0.25, -0.2) is 4.98 Å². The Kier molecular flexibility index (Phi) is 3.31. The number of rotatable bonds is 4. The molecular weight excluding hydrogens is 224 g/mol. The first-order chi connectivity index (χ1) is 7.70. The van der Waals surface area contributed by atoms with Gasteiger partial charge in [-0.3, -0.25) is 0 Å². The zero-order valence-electron chi connectivity index (χ0n) is 9.52. The van der Waals surface area contributed by atoms with Crippen LogP contribution >= 0.6 is 11.3 Å². The van der Waals surface area contributed by atoms with Gasteiger partial charge in [-0.05, 0) is 20.4 Å². The second kappa shape index (κ2) is 4.71. The van der Waals surface area contributed by atoms with E-state index in [0.717, 1.165) is 17.2 Å². The van der Waals surface area contributed by atoms with Crippen molar-refractivity contribution < 1.29 is 4.42 Å². The summed E-state index contributed by atoms with van der Waals surface area (Å²) in [5.74, 6) is 1.09. The molecule has 0 amide bonds. The molecule has 0 saturated heterocycles. The van der Waals surface area contributed by atoms with Gasteiger partial charge in [0.2, 0.25) is 5.89 Å². The lowest BCUT2D eigenvalue weighted by Crippen LogP contribution is -2.17. The van der Waals surface area contributed by atoms with Crippen molar-refractivity contribution in [3.05, 3.63) is 16.3 Å². The molecule has 2 aromatic heterocycles. The molecule has 0 fully saturated rings. The highest BCUT2D eigenvalue weighted by atomic mass is 32.1. The number of nitrogens with one attached hydrogen (secondary N) is 1. The molecule has 0 aliphatic rings. The van der Waals surface area contributed by atoms with Crippen LogP contribution in [-0.2, 0) is 0 Å². The van der Waals surface area contributed by atoms with Crippen LogP contribution in [0.2, 0.25) is 0 Å². The first-order valence-electron chi connectivity index (χ1n) is 5.20. The fourth-order valence-electron chi connectivity index (χ4n) is 1.37. The molecule has 5 nitrogen and oxygen atoms in total. The van der Waals surface area contributed by atoms with Crippen molar-refractivity contribution in [3.63, 3.8) is 0 Å². The highest BCUT2D eigenvalue weighted by Gasteiger charge is 2.15. The molecule has 0 spiro atoms. The molecule has 0 aliphatic carbocycles. The summed E-state index contributed by atoms with van der Waals surface area (Å²) in [4.78, 5) is 4.30. The predicted molar refractivity (Wildman–Crippen MR) is 62.2 cm³/mol. The van der Waals surface area contributed by atoms with Gasteiger partial charge in [0.25, 0.3) is 5.89 Å². The van der Waals surface area contributed by atoms with Crippen molar-refractivity contribution in [3.8, 4) is 11.6 Å². The zero-order chi connectivity index (χ0) is 11.5. The average molecular weight is 238 g/mol. The lowest BCUT2D eigenvalue weighted by molar-refractivity contribution is 0.428. The Morgan fingerprint density at radius 2 is 2.31 bits per heavy atom. The largest absolute Gasteiger partial charge is 0.418 e. The Labute approximate surface area is 97.9 Å². The van der Waals surface area contributed by atoms with Crippen LogP contribution in [0, 0.1) is 6.92 Å². The van der Waals surface area contributed by atoms with Crippen molar-refractivity contribution in [1.82, 2.24) is 20.5 Å². The van der Waals surface area contributed by atoms with Crippen LogP contribution in [0.5, 0.6) is 0 Å². The number of aryl methyl sites for hydroxylation is 1. The Balaban J connectivity index is 2.19. The minimum absolute atomic E-state index is 0.0750. The van der Waals surface area contributed by atoms with Crippen molar-refractivity contribution >= 4 is 11.3 Å². The average Bonchev–Trinajstić information content (AvgIpc) is 2.85. The van der Waals surface area contributed by atoms with E-state index in [1.165, 1.54) is 0 Å². The summed E-state index contributed by atoms with van der Waals surface area (Å²) in [5.41, 5.74) is 0.755. The summed E-state index contributed by atoms with van der Waals surface area (Å²) >= 11 is 1.57. The highest BCUT2D eigenvalue weighted by molar-refractivity contribution is 7.09. The number of hydrogen-bond donors (Lipinski definition) is 1. The number of hydrogen-bond acceptors (Lipinski definition) is 6. The molecule has 6 heteroatoms. The standard InChI is InChI=1S/C10H14N4OS/c1-4-11-6(2)9-13-14-10(15-9)8-5-16-7(3)12-8/h5-6,11H,4H2,1-3H3. The van der Waals surface area contributed by atoms with E-state index in [1.807, 2.05) is 26.2 Å². The molecule has 2 heterocycles. The van der Waals surface area contributed by atoms with Crippen LogP contribution in [-0.4, -0.2) is 21.7 Å². The van der Waals surface area contributed by atoms with Gasteiger partial charge in [0.1, 0.15) is 5.69 Å². The van der Waals surface area contributed by atoms with E-state index in [1.54, 1.807) is 11.3 Å². The SMILES string of the molecule is CCNC(C)c1nnc(-c2csc(C)n2)o1. The zero-order valence-corrected chi connectivity index (χ0v) is 10.3. The quantitative estimate of drug-likeness (QED) is 0.884. The van der Waals surface area contributed by atoms with Crippen LogP contribution in [0.15, 0.2) is 9.80 Å². The summed E-state index contributed by atoms with van der Waals surface area (Å²) in [6.07, 6.45) is 0. The Morgan fingerprint density at radius 1 is 1.50 bits per heavy atom. The van der Waals surface area contributed by atoms with Crippen LogP contribution < -0.4 is 5.32 Å². The molecule has 16 heavy (non-hydrogen) atoms. The maximum atomic E-state index is 5.56. The highest BCUT2D eigenvalue weighted by Crippen LogP contribution is 2.21. The minimum Gasteiger partial charge on any atom is -0.418 e. The second-order valence-electron chi connectivity index (χ2n) is 3.48. The molecule has 1 unspecified atom stereocenters. The molecule has 0 aromatic carbocycles. The molecule has 2 aromatic rings. The van der Waals surface area contributed by atoms with E-state index < -0.39 is 0 Å². The lowest BCUT2D eigenvalue weighted by atomic mass is 10.3. The van der Waals surface area contributed by atoms with E-state index in [-0.39, 0.29) is 6.04 Å². The minimum atomic E-state index is 0.0750. The summed E-state index contributed by atoms with van der Waals surface area (Å²) in [6, 6.07) is 0.0750. The van der Waals surface area contributed by atoms with Crippen molar-refractivity contribution in [2.24, 2.45) is 0 Å². The van der Waals surface area contributed by atoms with Crippen molar-refractivity contribution in [1.29, 1.82) is 0 Å². The van der Waals surface area contributed by atoms with Gasteiger partial charge in [0, 0.05) is 5.38 Å². The Morgan fingerprint density at radius 3 is 2.94 bits per heavy atom. The summed E-state index contributed by atoms with van der Waals surface area (Å²) in [6.45, 7) is 6.85. The fourth-order valence-corrected chi connectivity index (χ4v) is 1.95. The molecule has 1 atom stereocenters. The van der Waals surface area contributed by atoms with Crippen molar-refractivity contribution in [2.75, 3.05) is 6.54 Å². The molecule has 1 N–H and O–H groups in total. The van der Waals surface area contributed by atoms with Crippen molar-refractivity contribution in [2.45, 2.75) is 26.8 Å². The molecule has 0 aliphatic heterocycles. The van der Waals surface area contributed by atoms with Crippen LogP contribution in [0.1, 0.15) is 30.8 Å². The first kappa shape index (κ1) is 11.2. The molecule has 86 valence electrons. The monoisotopic (exact) mass is 238 g/mol. The third-order valence-electron chi connectivity index (χ3n) is 2.16. The van der Waals surface area contributed by atoms with Gasteiger partial charge in [-0.15, -0.1) is 21.5 Å². The summed E-state index contributed by atoms with van der Waals surface area (Å²) < 4.78 is 5.56. The van der Waals surface area contributed by atoms with Crippen LogP contribution in [0.25, 0.3) is 11.6 Å². The number of aromatic nitrogens is 3. The van der Waals surface area contributed by atoms with Gasteiger partial charge < -0.3 is 9.73 Å².